The van der Waals surface area contributed by atoms with Gasteiger partial charge in [0.1, 0.15) is 5.52 Å². The van der Waals surface area contributed by atoms with Crippen LogP contribution in [0, 0.1) is 0 Å². The first kappa shape index (κ1) is 15.6. The zero-order chi connectivity index (χ0) is 15.6. The molecule has 0 amide bonds. The van der Waals surface area contributed by atoms with Gasteiger partial charge in [-0.25, -0.2) is 9.97 Å². The molecule has 0 bridgehead atoms. The second-order valence-corrected chi connectivity index (χ2v) is 6.28. The van der Waals surface area contributed by atoms with Crippen molar-refractivity contribution in [3.8, 4) is 0 Å². The first-order chi connectivity index (χ1) is 9.76. The number of rotatable bonds is 6. The lowest BCUT2D eigenvalue weighted by molar-refractivity contribution is 0.0722. The second kappa shape index (κ2) is 5.94. The molecule has 21 heavy (non-hydrogen) atoms. The third-order valence-corrected chi connectivity index (χ3v) is 3.74. The van der Waals surface area contributed by atoms with Crippen LogP contribution >= 0.6 is 7.60 Å². The van der Waals surface area contributed by atoms with E-state index in [1.165, 1.54) is 6.20 Å². The molecule has 0 radical (unpaired) electrons. The average molecular weight is 316 g/mol. The summed E-state index contributed by atoms with van der Waals surface area (Å²) in [5.41, 5.74) is 12.3. The molecular weight excluding hydrogens is 299 g/mol. The highest BCUT2D eigenvalue weighted by Crippen LogP contribution is 2.35. The Bertz CT molecular complexity index is 683. The fraction of sp³-hybridized carbons (Fsp3) is 0.500. The molecule has 0 aliphatic heterocycles. The number of hydrogen-bond donors (Lipinski definition) is 4. The van der Waals surface area contributed by atoms with Crippen molar-refractivity contribution in [3.63, 3.8) is 0 Å². The van der Waals surface area contributed by atoms with Gasteiger partial charge in [0, 0.05) is 0 Å². The number of nitrogen functional groups attached to an aromatic ring is 2. The summed E-state index contributed by atoms with van der Waals surface area (Å²) in [4.78, 5) is 29.7. The van der Waals surface area contributed by atoms with Gasteiger partial charge in [-0.05, 0) is 6.92 Å². The van der Waals surface area contributed by atoms with Crippen LogP contribution in [0.4, 0.5) is 11.9 Å². The number of ether oxygens (including phenoxy) is 1. The molecule has 0 saturated carbocycles. The van der Waals surface area contributed by atoms with Crippen molar-refractivity contribution in [1.82, 2.24) is 19.5 Å². The minimum absolute atomic E-state index is 0.111. The molecule has 2 aromatic heterocycles. The fourth-order valence-corrected chi connectivity index (χ4v) is 2.68. The van der Waals surface area contributed by atoms with Crippen LogP contribution in [0.2, 0.25) is 0 Å². The van der Waals surface area contributed by atoms with Crippen molar-refractivity contribution < 1.29 is 19.1 Å². The quantitative estimate of drug-likeness (QED) is 0.518. The lowest BCUT2D eigenvalue weighted by Crippen LogP contribution is -2.18. The lowest BCUT2D eigenvalue weighted by Gasteiger charge is -2.14. The van der Waals surface area contributed by atoms with Crippen LogP contribution < -0.4 is 11.5 Å². The molecule has 10 nitrogen and oxygen atoms in total. The smallest absolute Gasteiger partial charge is 0.328 e. The van der Waals surface area contributed by atoms with Gasteiger partial charge in [-0.2, -0.15) is 4.98 Å². The average Bonchev–Trinajstić information content (AvgIpc) is 2.63. The van der Waals surface area contributed by atoms with Crippen molar-refractivity contribution in [2.45, 2.75) is 19.6 Å². The number of imidazole rings is 1. The highest BCUT2D eigenvalue weighted by molar-refractivity contribution is 7.51. The first-order valence-electron chi connectivity index (χ1n) is 6.16. The summed E-state index contributed by atoms with van der Waals surface area (Å²) in [6.07, 6.45) is 0.575. The van der Waals surface area contributed by atoms with Crippen LogP contribution in [0.5, 0.6) is 0 Å². The first-order valence-corrected chi connectivity index (χ1v) is 7.96. The minimum atomic E-state index is -4.08. The predicted molar refractivity (Wildman–Crippen MR) is 76.5 cm³/mol. The number of nitrogens with two attached hydrogens (primary N) is 2. The van der Waals surface area contributed by atoms with Gasteiger partial charge < -0.3 is 26.0 Å². The van der Waals surface area contributed by atoms with Gasteiger partial charge in [0.2, 0.25) is 11.9 Å². The predicted octanol–water partition coefficient (Wildman–Crippen LogP) is -0.427. The van der Waals surface area contributed by atoms with Gasteiger partial charge in [-0.3, -0.25) is 9.13 Å². The molecule has 0 aromatic carbocycles. The van der Waals surface area contributed by atoms with Gasteiger partial charge in [-0.15, -0.1) is 0 Å². The van der Waals surface area contributed by atoms with Crippen molar-refractivity contribution in [2.75, 3.05) is 24.2 Å². The summed E-state index contributed by atoms with van der Waals surface area (Å²) >= 11 is 0. The molecular formula is C10H17N6O4P. The summed E-state index contributed by atoms with van der Waals surface area (Å²) in [6, 6.07) is 0. The van der Waals surface area contributed by atoms with E-state index in [0.717, 1.165) is 0 Å². The molecule has 2 aromatic rings. The van der Waals surface area contributed by atoms with E-state index in [1.54, 1.807) is 11.5 Å². The zero-order valence-corrected chi connectivity index (χ0v) is 12.3. The monoisotopic (exact) mass is 316 g/mol. The molecule has 2 rings (SSSR count). The number of anilines is 2. The maximum Gasteiger partial charge on any atom is 0.328 e. The molecule has 2 heterocycles. The summed E-state index contributed by atoms with van der Waals surface area (Å²) in [6.45, 7) is 2.14. The van der Waals surface area contributed by atoms with E-state index in [-0.39, 0.29) is 24.7 Å². The van der Waals surface area contributed by atoms with E-state index in [9.17, 15) is 4.57 Å². The van der Waals surface area contributed by atoms with E-state index in [1.807, 2.05) is 0 Å². The van der Waals surface area contributed by atoms with Crippen LogP contribution in [0.1, 0.15) is 6.92 Å². The Morgan fingerprint density at radius 1 is 1.43 bits per heavy atom. The van der Waals surface area contributed by atoms with E-state index in [2.05, 4.69) is 15.0 Å². The van der Waals surface area contributed by atoms with Gasteiger partial charge in [0.25, 0.3) is 0 Å². The standard InChI is InChI=1S/C10H17N6O4P/c1-6(5-21(17,18)19)20-3-2-16-8-7(14-10(16)12)4-13-9(11)15-8/h4,6H,2-3,5H2,1H3,(H2,12,14)(H2,11,13,15)(H2,17,18,19). The number of fused-ring (bicyclic) bond motifs is 1. The normalized spacial score (nSPS) is 13.7. The van der Waals surface area contributed by atoms with Gasteiger partial charge in [0.05, 0.1) is 31.6 Å². The molecule has 11 heteroatoms. The highest BCUT2D eigenvalue weighted by atomic mass is 31.2. The van der Waals surface area contributed by atoms with Crippen molar-refractivity contribution in [2.24, 2.45) is 0 Å². The molecule has 1 unspecified atom stereocenters. The van der Waals surface area contributed by atoms with Gasteiger partial charge >= 0.3 is 7.60 Å². The maximum absolute atomic E-state index is 10.8. The lowest BCUT2D eigenvalue weighted by atomic mass is 10.5. The fourth-order valence-electron chi connectivity index (χ4n) is 1.90. The van der Waals surface area contributed by atoms with Crippen LogP contribution in [0.3, 0.4) is 0 Å². The van der Waals surface area contributed by atoms with Gasteiger partial charge in [-0.1, -0.05) is 0 Å². The van der Waals surface area contributed by atoms with Crippen LogP contribution in [0.25, 0.3) is 11.2 Å². The zero-order valence-electron chi connectivity index (χ0n) is 11.4. The number of hydrogen-bond acceptors (Lipinski definition) is 7. The molecule has 0 aliphatic carbocycles. The molecule has 0 saturated heterocycles. The summed E-state index contributed by atoms with van der Waals surface area (Å²) in [7, 11) is -4.08. The molecule has 6 N–H and O–H groups in total. The van der Waals surface area contributed by atoms with Crippen molar-refractivity contribution >= 4 is 30.7 Å². The van der Waals surface area contributed by atoms with Gasteiger partial charge in [0.15, 0.2) is 5.65 Å². The Kier molecular flexibility index (Phi) is 4.43. The van der Waals surface area contributed by atoms with Crippen molar-refractivity contribution in [3.05, 3.63) is 6.20 Å². The molecule has 0 fully saturated rings. The third-order valence-electron chi connectivity index (χ3n) is 2.75. The Labute approximate surface area is 120 Å². The Balaban J connectivity index is 2.02. The second-order valence-electron chi connectivity index (χ2n) is 4.59. The molecule has 0 spiro atoms. The van der Waals surface area contributed by atoms with E-state index in [0.29, 0.717) is 17.7 Å². The molecule has 0 aliphatic rings. The summed E-state index contributed by atoms with van der Waals surface area (Å²) in [5, 5.41) is 0. The van der Waals surface area contributed by atoms with Crippen LogP contribution in [-0.4, -0.2) is 48.2 Å². The largest absolute Gasteiger partial charge is 0.376 e. The topological polar surface area (TPSA) is 162 Å². The van der Waals surface area contributed by atoms with E-state index in [4.69, 9.17) is 26.0 Å². The van der Waals surface area contributed by atoms with Crippen LogP contribution in [0.15, 0.2) is 6.20 Å². The number of aromatic nitrogens is 4. The molecule has 1 atom stereocenters. The summed E-state index contributed by atoms with van der Waals surface area (Å²) in [5.74, 6) is 0.357. The van der Waals surface area contributed by atoms with E-state index < -0.39 is 13.7 Å². The Morgan fingerprint density at radius 3 is 2.81 bits per heavy atom. The van der Waals surface area contributed by atoms with Crippen LogP contribution in [-0.2, 0) is 15.8 Å². The maximum atomic E-state index is 10.8. The highest BCUT2D eigenvalue weighted by Gasteiger charge is 2.18. The Morgan fingerprint density at radius 2 is 2.14 bits per heavy atom. The SMILES string of the molecule is CC(CP(=O)(O)O)OCCn1c(N)nc2cnc(N)nc21. The summed E-state index contributed by atoms with van der Waals surface area (Å²) < 4.78 is 17.8. The van der Waals surface area contributed by atoms with E-state index >= 15 is 0 Å². The van der Waals surface area contributed by atoms with Crippen molar-refractivity contribution in [1.29, 1.82) is 0 Å². The Hall–Kier alpha value is -1.74. The molecule has 116 valence electrons. The number of nitrogens with zero attached hydrogens (tertiary/aromatic N) is 4. The minimum Gasteiger partial charge on any atom is -0.376 e. The third kappa shape index (κ3) is 4.11.